The van der Waals surface area contributed by atoms with Gasteiger partial charge in [0.05, 0.1) is 11.6 Å². The summed E-state index contributed by atoms with van der Waals surface area (Å²) in [5.41, 5.74) is 4.38. The predicted octanol–water partition coefficient (Wildman–Crippen LogP) is 6.49. The van der Waals surface area contributed by atoms with E-state index in [2.05, 4.69) is 6.92 Å². The maximum Gasteiger partial charge on any atom is 0.295 e. The van der Waals surface area contributed by atoms with Gasteiger partial charge in [-0.05, 0) is 55.2 Å². The van der Waals surface area contributed by atoms with Crippen LogP contribution in [-0.4, -0.2) is 28.2 Å². The van der Waals surface area contributed by atoms with Crippen LogP contribution >= 0.6 is 0 Å². The number of carbonyl (C=O) groups excluding carboxylic acids is 2. The van der Waals surface area contributed by atoms with E-state index in [0.717, 1.165) is 41.5 Å². The molecule has 1 unspecified atom stereocenters. The largest absolute Gasteiger partial charge is 0.507 e. The molecular formula is C31H33NO4. The lowest BCUT2D eigenvalue weighted by Gasteiger charge is -2.25. The van der Waals surface area contributed by atoms with E-state index < -0.39 is 17.7 Å². The Labute approximate surface area is 213 Å². The predicted molar refractivity (Wildman–Crippen MR) is 142 cm³/mol. The number of unbranched alkanes of at least 4 members (excludes halogenated alkanes) is 2. The molecule has 0 aromatic heterocycles. The molecule has 1 fully saturated rings. The molecule has 186 valence electrons. The van der Waals surface area contributed by atoms with Crippen LogP contribution in [0.15, 0.2) is 78.4 Å². The minimum Gasteiger partial charge on any atom is -0.507 e. The Kier molecular flexibility index (Phi) is 7.89. The van der Waals surface area contributed by atoms with Gasteiger partial charge in [-0.3, -0.25) is 9.59 Å². The summed E-state index contributed by atoms with van der Waals surface area (Å²) in [6.45, 7) is 6.88. The number of ether oxygens (including phenoxy) is 1. The molecule has 0 bridgehead atoms. The maximum atomic E-state index is 13.2. The van der Waals surface area contributed by atoms with Gasteiger partial charge in [0.15, 0.2) is 0 Å². The van der Waals surface area contributed by atoms with Crippen LogP contribution in [0, 0.1) is 13.8 Å². The normalized spacial score (nSPS) is 17.0. The van der Waals surface area contributed by atoms with Crippen molar-refractivity contribution < 1.29 is 19.4 Å². The highest BCUT2D eigenvalue weighted by atomic mass is 16.5. The third kappa shape index (κ3) is 5.35. The fraction of sp³-hybridized carbons (Fsp3) is 0.290. The Morgan fingerprint density at radius 1 is 0.944 bits per heavy atom. The minimum absolute atomic E-state index is 0.138. The average Bonchev–Trinajstić information content (AvgIpc) is 3.13. The van der Waals surface area contributed by atoms with Crippen LogP contribution in [0.1, 0.15) is 60.0 Å². The second-order valence-corrected chi connectivity index (χ2v) is 9.37. The van der Waals surface area contributed by atoms with Gasteiger partial charge in [-0.2, -0.15) is 0 Å². The lowest BCUT2D eigenvalue weighted by atomic mass is 9.94. The number of aryl methyl sites for hydroxylation is 2. The highest BCUT2D eigenvalue weighted by Gasteiger charge is 2.45. The van der Waals surface area contributed by atoms with Gasteiger partial charge in [0.2, 0.25) is 0 Å². The number of hydrogen-bond donors (Lipinski definition) is 1. The van der Waals surface area contributed by atoms with Gasteiger partial charge in [-0.15, -0.1) is 0 Å². The van der Waals surface area contributed by atoms with Gasteiger partial charge < -0.3 is 14.7 Å². The molecule has 3 aromatic carbocycles. The Hall–Kier alpha value is -3.86. The third-order valence-electron chi connectivity index (χ3n) is 6.59. The van der Waals surface area contributed by atoms with Crippen molar-refractivity contribution >= 4 is 17.4 Å². The quantitative estimate of drug-likeness (QED) is 0.163. The molecule has 0 aliphatic carbocycles. The van der Waals surface area contributed by atoms with Crippen molar-refractivity contribution in [3.63, 3.8) is 0 Å². The molecule has 1 amide bonds. The Bertz CT molecular complexity index is 1280. The first kappa shape index (κ1) is 25.2. The SMILES string of the molecule is CCCCCN1C(=O)C(=O)/C(=C(\O)c2ccc(OCc3ccccc3)c(C)c2)C1c1cccc(C)c1. The average molecular weight is 484 g/mol. The van der Waals surface area contributed by atoms with E-state index in [-0.39, 0.29) is 11.3 Å². The molecule has 3 aromatic rings. The van der Waals surface area contributed by atoms with Gasteiger partial charge in [-0.25, -0.2) is 0 Å². The first-order chi connectivity index (χ1) is 17.4. The summed E-state index contributed by atoms with van der Waals surface area (Å²) in [5.74, 6) is -0.655. The summed E-state index contributed by atoms with van der Waals surface area (Å²) < 4.78 is 5.97. The van der Waals surface area contributed by atoms with Crippen molar-refractivity contribution in [1.29, 1.82) is 0 Å². The molecule has 1 atom stereocenters. The molecule has 1 aliphatic rings. The summed E-state index contributed by atoms with van der Waals surface area (Å²) in [4.78, 5) is 27.9. The zero-order valence-corrected chi connectivity index (χ0v) is 21.2. The molecule has 1 saturated heterocycles. The van der Waals surface area contributed by atoms with E-state index in [4.69, 9.17) is 4.74 Å². The summed E-state index contributed by atoms with van der Waals surface area (Å²) in [5, 5.41) is 11.4. The van der Waals surface area contributed by atoms with E-state index >= 15 is 0 Å². The maximum absolute atomic E-state index is 13.2. The number of carbonyl (C=O) groups is 2. The summed E-state index contributed by atoms with van der Waals surface area (Å²) in [6, 6.07) is 22.4. The van der Waals surface area contributed by atoms with Crippen molar-refractivity contribution in [3.8, 4) is 5.75 Å². The summed E-state index contributed by atoms with van der Waals surface area (Å²) in [6.07, 6.45) is 2.78. The lowest BCUT2D eigenvalue weighted by Crippen LogP contribution is -2.30. The van der Waals surface area contributed by atoms with E-state index in [9.17, 15) is 14.7 Å². The van der Waals surface area contributed by atoms with Crippen LogP contribution in [0.3, 0.4) is 0 Å². The van der Waals surface area contributed by atoms with Crippen LogP contribution in [0.4, 0.5) is 0 Å². The van der Waals surface area contributed by atoms with E-state index in [0.29, 0.717) is 24.5 Å². The number of amides is 1. The lowest BCUT2D eigenvalue weighted by molar-refractivity contribution is -0.139. The molecule has 5 nitrogen and oxygen atoms in total. The molecule has 0 saturated carbocycles. The van der Waals surface area contributed by atoms with Gasteiger partial charge in [0.1, 0.15) is 18.1 Å². The molecule has 5 heteroatoms. The Balaban J connectivity index is 1.69. The second kappa shape index (κ2) is 11.3. The second-order valence-electron chi connectivity index (χ2n) is 9.37. The Morgan fingerprint density at radius 2 is 1.72 bits per heavy atom. The zero-order chi connectivity index (χ0) is 25.7. The van der Waals surface area contributed by atoms with Gasteiger partial charge >= 0.3 is 0 Å². The fourth-order valence-corrected chi connectivity index (χ4v) is 4.68. The summed E-state index contributed by atoms with van der Waals surface area (Å²) >= 11 is 0. The number of Topliss-reactive ketones (excluding diaryl/α,β-unsaturated/α-hetero) is 1. The van der Waals surface area contributed by atoms with Crippen LogP contribution in [0.25, 0.3) is 5.76 Å². The molecule has 36 heavy (non-hydrogen) atoms. The Morgan fingerprint density at radius 3 is 2.42 bits per heavy atom. The molecule has 1 aliphatic heterocycles. The number of nitrogens with zero attached hydrogens (tertiary/aromatic N) is 1. The number of rotatable bonds is 9. The first-order valence-electron chi connectivity index (χ1n) is 12.5. The van der Waals surface area contributed by atoms with Crippen LogP contribution < -0.4 is 4.74 Å². The van der Waals surface area contributed by atoms with Gasteiger partial charge in [0.25, 0.3) is 11.7 Å². The number of hydrogen-bond acceptors (Lipinski definition) is 4. The van der Waals surface area contributed by atoms with Crippen molar-refractivity contribution in [2.45, 2.75) is 52.7 Å². The highest BCUT2D eigenvalue weighted by Crippen LogP contribution is 2.40. The number of aliphatic hydroxyl groups excluding tert-OH is 1. The molecule has 0 spiro atoms. The number of likely N-dealkylation sites (tertiary alicyclic amines) is 1. The molecule has 0 radical (unpaired) electrons. The van der Waals surface area contributed by atoms with Gasteiger partial charge in [0, 0.05) is 12.1 Å². The van der Waals surface area contributed by atoms with Crippen molar-refractivity contribution in [2.24, 2.45) is 0 Å². The van der Waals surface area contributed by atoms with E-state index in [1.165, 1.54) is 0 Å². The minimum atomic E-state index is -0.641. The number of aliphatic hydroxyl groups is 1. The molecular weight excluding hydrogens is 450 g/mol. The van der Waals surface area contributed by atoms with E-state index in [1.54, 1.807) is 23.1 Å². The third-order valence-corrected chi connectivity index (χ3v) is 6.59. The first-order valence-corrected chi connectivity index (χ1v) is 12.5. The van der Waals surface area contributed by atoms with Crippen LogP contribution in [-0.2, 0) is 16.2 Å². The van der Waals surface area contributed by atoms with E-state index in [1.807, 2.05) is 68.4 Å². The molecule has 4 rings (SSSR count). The highest BCUT2D eigenvalue weighted by molar-refractivity contribution is 6.46. The molecule has 1 heterocycles. The topological polar surface area (TPSA) is 66.8 Å². The standard InChI is InChI=1S/C31H33NO4/c1-4-5-9-17-32-28(24-14-10-11-21(2)18-24)27(30(34)31(32)35)29(33)25-15-16-26(22(3)19-25)36-20-23-12-7-6-8-13-23/h6-8,10-16,18-19,28,33H,4-5,9,17,20H2,1-3H3/b29-27-. The van der Waals surface area contributed by atoms with Crippen molar-refractivity contribution in [1.82, 2.24) is 4.90 Å². The van der Waals surface area contributed by atoms with Crippen LogP contribution in [0.5, 0.6) is 5.75 Å². The zero-order valence-electron chi connectivity index (χ0n) is 21.2. The van der Waals surface area contributed by atoms with Gasteiger partial charge in [-0.1, -0.05) is 79.9 Å². The smallest absolute Gasteiger partial charge is 0.295 e. The number of benzene rings is 3. The van der Waals surface area contributed by atoms with Crippen molar-refractivity contribution in [3.05, 3.63) is 106 Å². The van der Waals surface area contributed by atoms with Crippen LogP contribution in [0.2, 0.25) is 0 Å². The molecule has 1 N–H and O–H groups in total. The van der Waals surface area contributed by atoms with Crippen molar-refractivity contribution in [2.75, 3.05) is 6.54 Å². The summed E-state index contributed by atoms with van der Waals surface area (Å²) in [7, 11) is 0. The fourth-order valence-electron chi connectivity index (χ4n) is 4.68. The monoisotopic (exact) mass is 483 g/mol. The number of ketones is 1.